The number of thioether (sulfide) groups is 1. The summed E-state index contributed by atoms with van der Waals surface area (Å²) in [6.07, 6.45) is 0.0958. The molecule has 0 spiro atoms. The topological polar surface area (TPSA) is 92.8 Å². The molecule has 14 heavy (non-hydrogen) atoms. The Morgan fingerprint density at radius 2 is 2.36 bits per heavy atom. The molecule has 0 radical (unpaired) electrons. The lowest BCUT2D eigenvalue weighted by atomic mass is 10.1. The van der Waals surface area contributed by atoms with Crippen LogP contribution in [0.2, 0.25) is 0 Å². The number of carbonyl (C=O) groups excluding carboxylic acids is 1. The Morgan fingerprint density at radius 1 is 1.64 bits per heavy atom. The highest BCUT2D eigenvalue weighted by molar-refractivity contribution is 8.16. The van der Waals surface area contributed by atoms with Gasteiger partial charge in [-0.2, -0.15) is 0 Å². The standard InChI is InChI=1S/C8H12N2O3S/c9-5(1-2-6(11)12)7(13)8-10-3-4-14-8/h5H,1-4,9H2,(H,11,12)/t5-/m0/s1. The number of carbonyl (C=O) groups is 2. The van der Waals surface area contributed by atoms with Crippen LogP contribution in [0, 0.1) is 0 Å². The number of hydrogen-bond donors (Lipinski definition) is 2. The Morgan fingerprint density at radius 3 is 2.86 bits per heavy atom. The quantitative estimate of drug-likeness (QED) is 0.669. The molecule has 0 aromatic heterocycles. The largest absolute Gasteiger partial charge is 0.481 e. The molecule has 0 amide bonds. The lowest BCUT2D eigenvalue weighted by Gasteiger charge is -2.07. The molecule has 1 atom stereocenters. The van der Waals surface area contributed by atoms with Crippen LogP contribution in [0.15, 0.2) is 4.99 Å². The third-order valence-electron chi connectivity index (χ3n) is 1.80. The molecule has 5 nitrogen and oxygen atoms in total. The highest BCUT2D eigenvalue weighted by Gasteiger charge is 2.22. The Labute approximate surface area is 85.8 Å². The van der Waals surface area contributed by atoms with Gasteiger partial charge in [0.05, 0.1) is 6.04 Å². The number of aliphatic imine (C=N–C) groups is 1. The molecule has 78 valence electrons. The third-order valence-corrected chi connectivity index (χ3v) is 2.79. The Bertz CT molecular complexity index is 278. The fraction of sp³-hybridized carbons (Fsp3) is 0.625. The van der Waals surface area contributed by atoms with Crippen molar-refractivity contribution in [3.05, 3.63) is 0 Å². The minimum absolute atomic E-state index is 0.0785. The molecule has 0 aromatic carbocycles. The lowest BCUT2D eigenvalue weighted by Crippen LogP contribution is -2.34. The molecule has 1 heterocycles. The van der Waals surface area contributed by atoms with Crippen LogP contribution in [0.25, 0.3) is 0 Å². The molecule has 0 saturated heterocycles. The van der Waals surface area contributed by atoms with Crippen molar-refractivity contribution in [1.82, 2.24) is 0 Å². The van der Waals surface area contributed by atoms with Crippen LogP contribution < -0.4 is 5.73 Å². The zero-order valence-electron chi connectivity index (χ0n) is 7.60. The average molecular weight is 216 g/mol. The number of carboxylic acids is 1. The first-order valence-electron chi connectivity index (χ1n) is 4.30. The maximum Gasteiger partial charge on any atom is 0.303 e. The molecule has 0 fully saturated rings. The van der Waals surface area contributed by atoms with Gasteiger partial charge in [0.1, 0.15) is 5.04 Å². The van der Waals surface area contributed by atoms with Gasteiger partial charge in [-0.25, -0.2) is 0 Å². The van der Waals surface area contributed by atoms with Crippen LogP contribution in [0.5, 0.6) is 0 Å². The molecule has 1 aliphatic heterocycles. The smallest absolute Gasteiger partial charge is 0.303 e. The molecular formula is C8H12N2O3S. The number of nitrogens with two attached hydrogens (primary N) is 1. The molecule has 0 bridgehead atoms. The van der Waals surface area contributed by atoms with E-state index in [9.17, 15) is 9.59 Å². The first kappa shape index (κ1) is 11.2. The van der Waals surface area contributed by atoms with E-state index >= 15 is 0 Å². The van der Waals surface area contributed by atoms with E-state index in [1.54, 1.807) is 0 Å². The van der Waals surface area contributed by atoms with Crippen molar-refractivity contribution in [3.63, 3.8) is 0 Å². The second kappa shape index (κ2) is 5.11. The van der Waals surface area contributed by atoms with Gasteiger partial charge in [0.2, 0.25) is 5.78 Å². The summed E-state index contributed by atoms with van der Waals surface area (Å²) in [7, 11) is 0. The molecule has 0 aromatic rings. The molecule has 3 N–H and O–H groups in total. The number of Topliss-reactive ketones (excluding diaryl/α,β-unsaturated/α-hetero) is 1. The molecule has 1 aliphatic rings. The summed E-state index contributed by atoms with van der Waals surface area (Å²) < 4.78 is 0. The van der Waals surface area contributed by atoms with Gasteiger partial charge in [-0.1, -0.05) is 0 Å². The van der Waals surface area contributed by atoms with E-state index in [0.29, 0.717) is 11.6 Å². The first-order chi connectivity index (χ1) is 6.61. The van der Waals surface area contributed by atoms with Gasteiger partial charge in [0, 0.05) is 18.7 Å². The third kappa shape index (κ3) is 3.12. The van der Waals surface area contributed by atoms with Crippen LogP contribution in [0.1, 0.15) is 12.8 Å². The van der Waals surface area contributed by atoms with Crippen molar-refractivity contribution in [3.8, 4) is 0 Å². The summed E-state index contributed by atoms with van der Waals surface area (Å²) in [5.74, 6) is -0.352. The van der Waals surface area contributed by atoms with Crippen molar-refractivity contribution in [2.75, 3.05) is 12.3 Å². The summed E-state index contributed by atoms with van der Waals surface area (Å²) in [6.45, 7) is 0.650. The number of ketones is 1. The minimum Gasteiger partial charge on any atom is -0.481 e. The number of hydrogen-bond acceptors (Lipinski definition) is 5. The second-order valence-electron chi connectivity index (χ2n) is 2.94. The average Bonchev–Trinajstić information content (AvgIpc) is 2.65. The van der Waals surface area contributed by atoms with Crippen molar-refractivity contribution in [1.29, 1.82) is 0 Å². The summed E-state index contributed by atoms with van der Waals surface area (Å²) in [6, 6.07) is -0.726. The number of carboxylic acid groups (broad SMARTS) is 1. The van der Waals surface area contributed by atoms with Crippen LogP contribution in [-0.2, 0) is 9.59 Å². The molecular weight excluding hydrogens is 204 g/mol. The van der Waals surface area contributed by atoms with Crippen molar-refractivity contribution >= 4 is 28.6 Å². The summed E-state index contributed by atoms with van der Waals surface area (Å²) in [5, 5.41) is 8.85. The minimum atomic E-state index is -0.936. The van der Waals surface area contributed by atoms with Crippen molar-refractivity contribution < 1.29 is 14.7 Å². The Kier molecular flexibility index (Phi) is 4.09. The molecule has 0 aliphatic carbocycles. The SMILES string of the molecule is N[C@@H](CCC(=O)O)C(=O)C1=NCCS1. The van der Waals surface area contributed by atoms with E-state index in [1.165, 1.54) is 11.8 Å². The molecule has 6 heteroatoms. The zero-order chi connectivity index (χ0) is 10.6. The van der Waals surface area contributed by atoms with Gasteiger partial charge in [-0.15, -0.1) is 11.8 Å². The van der Waals surface area contributed by atoms with E-state index in [-0.39, 0.29) is 18.6 Å². The van der Waals surface area contributed by atoms with Crippen LogP contribution in [-0.4, -0.2) is 40.2 Å². The Hall–Kier alpha value is -0.880. The van der Waals surface area contributed by atoms with Gasteiger partial charge in [-0.3, -0.25) is 14.6 Å². The molecule has 0 saturated carbocycles. The zero-order valence-corrected chi connectivity index (χ0v) is 8.42. The van der Waals surface area contributed by atoms with E-state index in [1.807, 2.05) is 0 Å². The Balaban J connectivity index is 2.39. The van der Waals surface area contributed by atoms with Crippen LogP contribution in [0.3, 0.4) is 0 Å². The van der Waals surface area contributed by atoms with E-state index in [0.717, 1.165) is 5.75 Å². The van der Waals surface area contributed by atoms with Gasteiger partial charge in [0.15, 0.2) is 0 Å². The van der Waals surface area contributed by atoms with Crippen molar-refractivity contribution in [2.24, 2.45) is 10.7 Å². The van der Waals surface area contributed by atoms with Crippen LogP contribution >= 0.6 is 11.8 Å². The highest BCUT2D eigenvalue weighted by Crippen LogP contribution is 2.14. The maximum atomic E-state index is 11.5. The monoisotopic (exact) mass is 216 g/mol. The highest BCUT2D eigenvalue weighted by atomic mass is 32.2. The summed E-state index contributed by atoms with van der Waals surface area (Å²) >= 11 is 1.39. The summed E-state index contributed by atoms with van der Waals surface area (Å²) in [4.78, 5) is 25.7. The first-order valence-corrected chi connectivity index (χ1v) is 5.28. The van der Waals surface area contributed by atoms with Gasteiger partial charge in [0.25, 0.3) is 0 Å². The fourth-order valence-electron chi connectivity index (χ4n) is 1.05. The van der Waals surface area contributed by atoms with Gasteiger partial charge >= 0.3 is 5.97 Å². The second-order valence-corrected chi connectivity index (χ2v) is 4.02. The molecule has 0 unspecified atom stereocenters. The number of nitrogens with zero attached hydrogens (tertiary/aromatic N) is 1. The van der Waals surface area contributed by atoms with Crippen LogP contribution in [0.4, 0.5) is 0 Å². The lowest BCUT2D eigenvalue weighted by molar-refractivity contribution is -0.137. The summed E-state index contributed by atoms with van der Waals surface area (Å²) in [5.41, 5.74) is 5.54. The van der Waals surface area contributed by atoms with E-state index in [4.69, 9.17) is 10.8 Å². The normalized spacial score (nSPS) is 17.6. The van der Waals surface area contributed by atoms with Gasteiger partial charge in [-0.05, 0) is 6.42 Å². The predicted octanol–water partition coefficient (Wildman–Crippen LogP) is -0.107. The van der Waals surface area contributed by atoms with Gasteiger partial charge < -0.3 is 10.8 Å². The number of aliphatic carboxylic acids is 1. The molecule has 1 rings (SSSR count). The number of rotatable bonds is 5. The predicted molar refractivity (Wildman–Crippen MR) is 54.6 cm³/mol. The maximum absolute atomic E-state index is 11.5. The van der Waals surface area contributed by atoms with E-state index in [2.05, 4.69) is 4.99 Å². The van der Waals surface area contributed by atoms with Crippen molar-refractivity contribution in [2.45, 2.75) is 18.9 Å². The van der Waals surface area contributed by atoms with E-state index < -0.39 is 12.0 Å². The fourth-order valence-corrected chi connectivity index (χ4v) is 1.90.